The summed E-state index contributed by atoms with van der Waals surface area (Å²) in [5, 5.41) is 2.84. The van der Waals surface area contributed by atoms with E-state index in [0.29, 0.717) is 12.1 Å². The lowest BCUT2D eigenvalue weighted by Crippen LogP contribution is -2.17. The van der Waals surface area contributed by atoms with Crippen molar-refractivity contribution < 1.29 is 9.18 Å². The molecule has 0 aliphatic carbocycles. The lowest BCUT2D eigenvalue weighted by Gasteiger charge is -2.18. The normalized spacial score (nSPS) is 10.7. The highest BCUT2D eigenvalue weighted by atomic mass is 19.1. The third kappa shape index (κ3) is 4.32. The average molecular weight is 333 g/mol. The molecule has 0 saturated carbocycles. The van der Waals surface area contributed by atoms with Gasteiger partial charge in [-0.1, -0.05) is 66.7 Å². The van der Waals surface area contributed by atoms with Crippen molar-refractivity contribution in [1.82, 2.24) is 0 Å². The van der Waals surface area contributed by atoms with E-state index in [1.54, 1.807) is 6.07 Å². The Morgan fingerprint density at radius 2 is 1.48 bits per heavy atom. The van der Waals surface area contributed by atoms with Crippen molar-refractivity contribution in [3.8, 4) is 0 Å². The van der Waals surface area contributed by atoms with Crippen LogP contribution in [-0.4, -0.2) is 5.91 Å². The first-order valence-electron chi connectivity index (χ1n) is 8.29. The fourth-order valence-corrected chi connectivity index (χ4v) is 2.91. The summed E-state index contributed by atoms with van der Waals surface area (Å²) in [5.74, 6) is -0.536. The van der Waals surface area contributed by atoms with Crippen molar-refractivity contribution >= 4 is 11.6 Å². The minimum atomic E-state index is -0.358. The number of carbonyl (C=O) groups excluding carboxylic acids is 1. The summed E-state index contributed by atoms with van der Waals surface area (Å²) >= 11 is 0. The second kappa shape index (κ2) is 7.75. The molecule has 0 aliphatic rings. The molecule has 0 fully saturated rings. The van der Waals surface area contributed by atoms with Crippen LogP contribution in [0.5, 0.6) is 0 Å². The second-order valence-corrected chi connectivity index (χ2v) is 6.09. The molecule has 0 saturated heterocycles. The molecule has 3 aromatic rings. The van der Waals surface area contributed by atoms with Crippen LogP contribution in [0, 0.1) is 12.7 Å². The van der Waals surface area contributed by atoms with Crippen LogP contribution in [0.3, 0.4) is 0 Å². The van der Waals surface area contributed by atoms with Crippen LogP contribution in [0.25, 0.3) is 0 Å². The molecule has 3 heteroatoms. The molecule has 0 radical (unpaired) electrons. The van der Waals surface area contributed by atoms with Crippen LogP contribution < -0.4 is 5.32 Å². The van der Waals surface area contributed by atoms with Gasteiger partial charge in [-0.25, -0.2) is 4.39 Å². The zero-order valence-corrected chi connectivity index (χ0v) is 14.1. The quantitative estimate of drug-likeness (QED) is 0.675. The maximum absolute atomic E-state index is 13.4. The smallest absolute Gasteiger partial charge is 0.225 e. The molecule has 25 heavy (non-hydrogen) atoms. The Kier molecular flexibility index (Phi) is 5.24. The van der Waals surface area contributed by atoms with Crippen LogP contribution in [0.4, 0.5) is 10.1 Å². The molecule has 3 rings (SSSR count). The topological polar surface area (TPSA) is 29.1 Å². The molecular formula is C22H20FNO. The largest absolute Gasteiger partial charge is 0.326 e. The number of amides is 1. The Morgan fingerprint density at radius 1 is 0.920 bits per heavy atom. The van der Waals surface area contributed by atoms with Crippen LogP contribution in [0.1, 0.15) is 29.0 Å². The number of anilines is 1. The lowest BCUT2D eigenvalue weighted by molar-refractivity contribution is -0.116. The van der Waals surface area contributed by atoms with Crippen molar-refractivity contribution in [3.63, 3.8) is 0 Å². The fraction of sp³-hybridized carbons (Fsp3) is 0.136. The molecule has 0 bridgehead atoms. The van der Waals surface area contributed by atoms with E-state index >= 15 is 0 Å². The van der Waals surface area contributed by atoms with Gasteiger partial charge in [0, 0.05) is 18.0 Å². The maximum atomic E-state index is 13.4. The molecule has 0 atom stereocenters. The zero-order valence-electron chi connectivity index (χ0n) is 14.1. The minimum absolute atomic E-state index is 0.0451. The average Bonchev–Trinajstić information content (AvgIpc) is 2.64. The van der Waals surface area contributed by atoms with Gasteiger partial charge in [0.15, 0.2) is 0 Å². The number of hydrogen-bond donors (Lipinski definition) is 1. The molecule has 0 aromatic heterocycles. The predicted molar refractivity (Wildman–Crippen MR) is 99.1 cm³/mol. The second-order valence-electron chi connectivity index (χ2n) is 6.09. The number of carbonyl (C=O) groups is 1. The predicted octanol–water partition coefficient (Wildman–Crippen LogP) is 5.29. The summed E-state index contributed by atoms with van der Waals surface area (Å²) < 4.78 is 13.4. The minimum Gasteiger partial charge on any atom is -0.326 e. The Balaban J connectivity index is 1.83. The molecular weight excluding hydrogens is 313 g/mol. The Labute approximate surface area is 147 Å². The molecule has 3 aromatic carbocycles. The fourth-order valence-electron chi connectivity index (χ4n) is 2.91. The van der Waals surface area contributed by atoms with Gasteiger partial charge in [-0.3, -0.25) is 4.79 Å². The van der Waals surface area contributed by atoms with Crippen molar-refractivity contribution in [2.75, 3.05) is 5.32 Å². The molecule has 0 aliphatic heterocycles. The molecule has 0 spiro atoms. The molecule has 0 unspecified atom stereocenters. The summed E-state index contributed by atoms with van der Waals surface area (Å²) in [5.41, 5.74) is 3.52. The van der Waals surface area contributed by atoms with E-state index in [1.807, 2.05) is 67.6 Å². The molecule has 1 N–H and O–H groups in total. The maximum Gasteiger partial charge on any atom is 0.225 e. The molecule has 126 valence electrons. The number of benzene rings is 3. The number of rotatable bonds is 5. The molecule has 2 nitrogen and oxygen atoms in total. The van der Waals surface area contributed by atoms with Gasteiger partial charge < -0.3 is 5.32 Å². The Morgan fingerprint density at radius 3 is 2.04 bits per heavy atom. The SMILES string of the molecule is Cc1ccc(F)cc1NC(=O)CC(c1ccccc1)c1ccccc1. The summed E-state index contributed by atoms with van der Waals surface area (Å²) in [6.07, 6.45) is 0.296. The zero-order chi connectivity index (χ0) is 17.6. The van der Waals surface area contributed by atoms with Gasteiger partial charge in [-0.05, 0) is 35.7 Å². The third-order valence-electron chi connectivity index (χ3n) is 4.27. The standard InChI is InChI=1S/C22H20FNO/c1-16-12-13-19(23)14-21(16)24-22(25)15-20(17-8-4-2-5-9-17)18-10-6-3-7-11-18/h2-14,20H,15H2,1H3,(H,24,25). The van der Waals surface area contributed by atoms with Crippen molar-refractivity contribution in [3.05, 3.63) is 101 Å². The highest BCUT2D eigenvalue weighted by Gasteiger charge is 2.18. The van der Waals surface area contributed by atoms with Crippen molar-refractivity contribution in [2.45, 2.75) is 19.3 Å². The van der Waals surface area contributed by atoms with Gasteiger partial charge in [-0.2, -0.15) is 0 Å². The summed E-state index contributed by atoms with van der Waals surface area (Å²) in [4.78, 5) is 12.6. The van der Waals surface area contributed by atoms with Crippen LogP contribution in [0.2, 0.25) is 0 Å². The van der Waals surface area contributed by atoms with Gasteiger partial charge in [0.2, 0.25) is 5.91 Å². The first-order valence-corrected chi connectivity index (χ1v) is 8.29. The van der Waals surface area contributed by atoms with E-state index in [9.17, 15) is 9.18 Å². The van der Waals surface area contributed by atoms with Crippen LogP contribution in [0.15, 0.2) is 78.9 Å². The number of nitrogens with one attached hydrogen (secondary N) is 1. The summed E-state index contributed by atoms with van der Waals surface area (Å²) in [7, 11) is 0. The van der Waals surface area contributed by atoms with E-state index in [-0.39, 0.29) is 17.6 Å². The number of halogens is 1. The third-order valence-corrected chi connectivity index (χ3v) is 4.27. The van der Waals surface area contributed by atoms with Crippen LogP contribution in [-0.2, 0) is 4.79 Å². The van der Waals surface area contributed by atoms with Gasteiger partial charge in [0.25, 0.3) is 0 Å². The highest BCUT2D eigenvalue weighted by Crippen LogP contribution is 2.28. The van der Waals surface area contributed by atoms with Crippen LogP contribution >= 0.6 is 0 Å². The van der Waals surface area contributed by atoms with E-state index in [2.05, 4.69) is 5.32 Å². The molecule has 1 amide bonds. The molecule has 0 heterocycles. The monoisotopic (exact) mass is 333 g/mol. The first kappa shape index (κ1) is 16.9. The summed E-state index contributed by atoms with van der Waals surface area (Å²) in [6.45, 7) is 1.85. The van der Waals surface area contributed by atoms with Crippen molar-refractivity contribution in [1.29, 1.82) is 0 Å². The number of aryl methyl sites for hydroxylation is 1. The lowest BCUT2D eigenvalue weighted by atomic mass is 9.88. The van der Waals surface area contributed by atoms with Gasteiger partial charge in [0.1, 0.15) is 5.82 Å². The Bertz CT molecular complexity index is 807. The van der Waals surface area contributed by atoms with E-state index in [0.717, 1.165) is 16.7 Å². The Hall–Kier alpha value is -2.94. The summed E-state index contributed by atoms with van der Waals surface area (Å²) in [6, 6.07) is 24.3. The van der Waals surface area contributed by atoms with E-state index < -0.39 is 0 Å². The van der Waals surface area contributed by atoms with Gasteiger partial charge in [-0.15, -0.1) is 0 Å². The first-order chi connectivity index (χ1) is 12.1. The van der Waals surface area contributed by atoms with E-state index in [4.69, 9.17) is 0 Å². The van der Waals surface area contributed by atoms with E-state index in [1.165, 1.54) is 12.1 Å². The number of hydrogen-bond acceptors (Lipinski definition) is 1. The van der Waals surface area contributed by atoms with Crippen molar-refractivity contribution in [2.24, 2.45) is 0 Å². The highest BCUT2D eigenvalue weighted by molar-refractivity contribution is 5.92. The van der Waals surface area contributed by atoms with Gasteiger partial charge in [0.05, 0.1) is 0 Å². The van der Waals surface area contributed by atoms with Gasteiger partial charge >= 0.3 is 0 Å².